The van der Waals surface area contributed by atoms with Gasteiger partial charge in [0.25, 0.3) is 0 Å². The van der Waals surface area contributed by atoms with Crippen molar-refractivity contribution in [2.45, 2.75) is 30.9 Å². The van der Waals surface area contributed by atoms with Gasteiger partial charge in [0, 0.05) is 49.1 Å². The molecule has 0 N–H and O–H groups in total. The van der Waals surface area contributed by atoms with Crippen molar-refractivity contribution in [1.29, 1.82) is 0 Å². The van der Waals surface area contributed by atoms with Gasteiger partial charge in [0.05, 0.1) is 7.11 Å². The average molecular weight is 418 g/mol. The minimum absolute atomic E-state index is 0.00702. The maximum Gasteiger partial charge on any atom is 0.165 e. The molecular weight excluding hydrogens is 386 g/mol. The molecule has 1 saturated carbocycles. The van der Waals surface area contributed by atoms with Crippen molar-refractivity contribution in [1.82, 2.24) is 4.90 Å². The van der Waals surface area contributed by atoms with Gasteiger partial charge < -0.3 is 14.2 Å². The molecule has 5 aliphatic rings. The van der Waals surface area contributed by atoms with Gasteiger partial charge >= 0.3 is 0 Å². The monoisotopic (exact) mass is 417 g/mol. The Morgan fingerprint density at radius 2 is 1.97 bits per heavy atom. The Morgan fingerprint density at radius 3 is 2.77 bits per heavy atom. The number of hydrogen-bond acceptors (Lipinski definition) is 4. The molecule has 7 rings (SSSR count). The van der Waals surface area contributed by atoms with E-state index in [1.165, 1.54) is 11.1 Å². The van der Waals surface area contributed by atoms with E-state index in [4.69, 9.17) is 14.2 Å². The quantitative estimate of drug-likeness (QED) is 0.673. The van der Waals surface area contributed by atoms with Gasteiger partial charge in [-0.3, -0.25) is 4.90 Å². The summed E-state index contributed by atoms with van der Waals surface area (Å²) < 4.78 is 18.3. The molecule has 5 atom stereocenters. The van der Waals surface area contributed by atoms with Crippen LogP contribution in [-0.2, 0) is 16.7 Å². The third-order valence-electron chi connectivity index (χ3n) is 8.48. The van der Waals surface area contributed by atoms with Gasteiger partial charge in [0.15, 0.2) is 11.5 Å². The zero-order valence-electron chi connectivity index (χ0n) is 18.4. The summed E-state index contributed by atoms with van der Waals surface area (Å²) in [6.45, 7) is 3.91. The van der Waals surface area contributed by atoms with E-state index in [2.05, 4.69) is 59.5 Å². The molecule has 0 amide bonds. The smallest absolute Gasteiger partial charge is 0.165 e. The normalized spacial score (nSPS) is 35.2. The van der Waals surface area contributed by atoms with Crippen LogP contribution in [0.4, 0.5) is 0 Å². The van der Waals surface area contributed by atoms with Gasteiger partial charge in [-0.25, -0.2) is 0 Å². The third-order valence-corrected chi connectivity index (χ3v) is 8.48. The number of fused-ring (bicyclic) bond motifs is 2. The fourth-order valence-corrected chi connectivity index (χ4v) is 7.30. The number of para-hydroxylation sites is 1. The highest BCUT2D eigenvalue weighted by molar-refractivity contribution is 5.58. The van der Waals surface area contributed by atoms with E-state index in [0.717, 1.165) is 50.6 Å². The van der Waals surface area contributed by atoms with E-state index < -0.39 is 0 Å². The summed E-state index contributed by atoms with van der Waals surface area (Å²) in [7, 11) is 3.59. The SMILES string of the molecule is COCC1CC2C=CC13CN(Cc1ccccc1)CCC31c3cccc(OC)c3OC21. The molecule has 2 aliphatic heterocycles. The Kier molecular flexibility index (Phi) is 4.45. The van der Waals surface area contributed by atoms with Crippen molar-refractivity contribution in [3.63, 3.8) is 0 Å². The molecule has 3 aliphatic carbocycles. The number of hydrogen-bond donors (Lipinski definition) is 0. The molecule has 0 radical (unpaired) electrons. The number of ether oxygens (including phenoxy) is 3. The van der Waals surface area contributed by atoms with Crippen molar-refractivity contribution in [2.75, 3.05) is 33.9 Å². The highest BCUT2D eigenvalue weighted by Crippen LogP contribution is 2.69. The van der Waals surface area contributed by atoms with Crippen molar-refractivity contribution < 1.29 is 14.2 Å². The largest absolute Gasteiger partial charge is 0.493 e. The zero-order chi connectivity index (χ0) is 21.1. The van der Waals surface area contributed by atoms with Crippen LogP contribution in [0.2, 0.25) is 0 Å². The Morgan fingerprint density at radius 1 is 1.10 bits per heavy atom. The molecule has 0 aromatic heterocycles. The van der Waals surface area contributed by atoms with E-state index in [-0.39, 0.29) is 16.9 Å². The first-order valence-corrected chi connectivity index (χ1v) is 11.5. The fourth-order valence-electron chi connectivity index (χ4n) is 7.30. The number of methoxy groups -OCH3 is 2. The topological polar surface area (TPSA) is 30.9 Å². The summed E-state index contributed by atoms with van der Waals surface area (Å²) in [6, 6.07) is 17.3. The molecular formula is C27H31NO3. The molecule has 162 valence electrons. The number of benzene rings is 2. The Bertz CT molecular complexity index is 1000. The van der Waals surface area contributed by atoms with E-state index >= 15 is 0 Å². The summed E-state index contributed by atoms with van der Waals surface area (Å²) >= 11 is 0. The summed E-state index contributed by atoms with van der Waals surface area (Å²) in [6.07, 6.45) is 7.42. The van der Waals surface area contributed by atoms with Crippen LogP contribution in [0.25, 0.3) is 0 Å². The minimum Gasteiger partial charge on any atom is -0.493 e. The van der Waals surface area contributed by atoms with Gasteiger partial charge in [0.1, 0.15) is 6.10 Å². The predicted molar refractivity (Wildman–Crippen MR) is 120 cm³/mol. The van der Waals surface area contributed by atoms with Crippen LogP contribution in [0.1, 0.15) is 24.0 Å². The second-order valence-corrected chi connectivity index (χ2v) is 9.74. The first-order chi connectivity index (χ1) is 15.2. The molecule has 31 heavy (non-hydrogen) atoms. The van der Waals surface area contributed by atoms with Crippen LogP contribution in [0.3, 0.4) is 0 Å². The highest BCUT2D eigenvalue weighted by Gasteiger charge is 2.71. The van der Waals surface area contributed by atoms with Crippen LogP contribution in [-0.4, -0.2) is 44.9 Å². The van der Waals surface area contributed by atoms with Gasteiger partial charge in [-0.05, 0) is 36.9 Å². The molecule has 2 aromatic rings. The molecule has 2 fully saturated rings. The van der Waals surface area contributed by atoms with Crippen molar-refractivity contribution in [2.24, 2.45) is 17.3 Å². The highest BCUT2D eigenvalue weighted by atomic mass is 16.5. The first kappa shape index (κ1) is 19.4. The van der Waals surface area contributed by atoms with Crippen LogP contribution >= 0.6 is 0 Å². The summed E-state index contributed by atoms with van der Waals surface area (Å²) in [4.78, 5) is 2.65. The number of nitrogens with zero attached hydrogens (tertiary/aromatic N) is 1. The summed E-state index contributed by atoms with van der Waals surface area (Å²) in [5.41, 5.74) is 2.73. The minimum atomic E-state index is -0.00900. The van der Waals surface area contributed by atoms with Crippen LogP contribution < -0.4 is 9.47 Å². The van der Waals surface area contributed by atoms with Crippen LogP contribution in [0.5, 0.6) is 11.5 Å². The lowest BCUT2D eigenvalue weighted by Crippen LogP contribution is -2.70. The van der Waals surface area contributed by atoms with Crippen molar-refractivity contribution in [3.05, 3.63) is 71.8 Å². The van der Waals surface area contributed by atoms with E-state index in [0.29, 0.717) is 11.8 Å². The van der Waals surface area contributed by atoms with Crippen LogP contribution in [0, 0.1) is 17.3 Å². The summed E-state index contributed by atoms with van der Waals surface area (Å²) in [5, 5.41) is 0. The number of piperidine rings is 1. The Balaban J connectivity index is 1.46. The molecule has 2 aromatic carbocycles. The lowest BCUT2D eigenvalue weighted by atomic mass is 9.41. The molecule has 2 heterocycles. The van der Waals surface area contributed by atoms with E-state index in [1.807, 2.05) is 13.2 Å². The molecule has 4 nitrogen and oxygen atoms in total. The molecule has 4 heteroatoms. The van der Waals surface area contributed by atoms with Gasteiger partial charge in [-0.15, -0.1) is 0 Å². The van der Waals surface area contributed by atoms with Gasteiger partial charge in [-0.2, -0.15) is 0 Å². The molecule has 2 spiro atoms. The summed E-state index contributed by atoms with van der Waals surface area (Å²) in [5.74, 6) is 2.76. The van der Waals surface area contributed by atoms with Gasteiger partial charge in [0.2, 0.25) is 0 Å². The van der Waals surface area contributed by atoms with Crippen molar-refractivity contribution in [3.8, 4) is 11.5 Å². The van der Waals surface area contributed by atoms with Crippen molar-refractivity contribution >= 4 is 0 Å². The average Bonchev–Trinajstić information content (AvgIpc) is 3.16. The standard InChI is InChI=1S/C27H31NO3/c1-29-17-21-15-20-11-12-26(21)18-28(16-19-7-4-3-5-8-19)14-13-27(26)22-9-6-10-23(30-2)24(22)31-25(20)27/h3-12,20-21,25H,13-18H2,1-2H3. The zero-order valence-corrected chi connectivity index (χ0v) is 18.4. The molecule has 1 saturated heterocycles. The second-order valence-electron chi connectivity index (χ2n) is 9.74. The second kappa shape index (κ2) is 7.11. The molecule has 5 unspecified atom stereocenters. The maximum atomic E-state index is 6.77. The fraction of sp³-hybridized carbons (Fsp3) is 0.481. The number of rotatable bonds is 5. The van der Waals surface area contributed by atoms with Gasteiger partial charge in [-0.1, -0.05) is 54.6 Å². The first-order valence-electron chi connectivity index (χ1n) is 11.5. The predicted octanol–water partition coefficient (Wildman–Crippen LogP) is 4.44. The maximum absolute atomic E-state index is 6.77. The Labute approximate surface area is 184 Å². The van der Waals surface area contributed by atoms with E-state index in [9.17, 15) is 0 Å². The lowest BCUT2D eigenvalue weighted by molar-refractivity contribution is -0.129. The van der Waals surface area contributed by atoms with Crippen LogP contribution in [0.15, 0.2) is 60.7 Å². The Hall–Kier alpha value is -2.30. The lowest BCUT2D eigenvalue weighted by Gasteiger charge is -2.65. The number of likely N-dealkylation sites (tertiary alicyclic amines) is 1. The third kappa shape index (κ3) is 2.55. The van der Waals surface area contributed by atoms with E-state index in [1.54, 1.807) is 7.11 Å². The molecule has 2 bridgehead atoms.